The molecule has 2 aliphatic rings. The fraction of sp³-hybridized carbons (Fsp3) is 1.00. The lowest BCUT2D eigenvalue weighted by Crippen LogP contribution is -2.54. The van der Waals surface area contributed by atoms with Gasteiger partial charge in [0.2, 0.25) is 0 Å². The second-order valence-electron chi connectivity index (χ2n) is 4.65. The minimum absolute atomic E-state index is 0.746. The molecule has 0 aromatic heterocycles. The van der Waals surface area contributed by atoms with Crippen LogP contribution in [0.1, 0.15) is 26.7 Å². The van der Waals surface area contributed by atoms with E-state index in [1.165, 1.54) is 25.9 Å². The van der Waals surface area contributed by atoms with Gasteiger partial charge in [0, 0.05) is 31.2 Å². The first-order chi connectivity index (χ1) is 5.68. The Morgan fingerprint density at radius 1 is 1.08 bits per heavy atom. The average Bonchev–Trinajstić information content (AvgIpc) is 2.24. The summed E-state index contributed by atoms with van der Waals surface area (Å²) >= 11 is 0. The van der Waals surface area contributed by atoms with E-state index >= 15 is 0 Å². The zero-order chi connectivity index (χ0) is 8.72. The second kappa shape index (κ2) is 3.00. The van der Waals surface area contributed by atoms with E-state index < -0.39 is 0 Å². The Labute approximate surface area is 75.5 Å². The zero-order valence-electron chi connectivity index (χ0n) is 8.45. The van der Waals surface area contributed by atoms with Crippen LogP contribution in [0.5, 0.6) is 0 Å². The number of piperazine rings is 1. The quantitative estimate of drug-likeness (QED) is 0.580. The highest BCUT2D eigenvalue weighted by molar-refractivity contribution is 4.96. The zero-order valence-corrected chi connectivity index (χ0v) is 8.45. The second-order valence-corrected chi connectivity index (χ2v) is 4.65. The van der Waals surface area contributed by atoms with Gasteiger partial charge in [-0.3, -0.25) is 4.90 Å². The Hall–Kier alpha value is -0.0800. The maximum atomic E-state index is 2.72. The monoisotopic (exact) mass is 168 g/mol. The highest BCUT2D eigenvalue weighted by Gasteiger charge is 2.39. The van der Waals surface area contributed by atoms with Gasteiger partial charge < -0.3 is 4.90 Å². The van der Waals surface area contributed by atoms with E-state index in [0.717, 1.165) is 18.1 Å². The lowest BCUT2D eigenvalue weighted by molar-refractivity contribution is 0.0567. The predicted octanol–water partition coefficient (Wildman–Crippen LogP) is 1.17. The third-order valence-electron chi connectivity index (χ3n) is 3.32. The van der Waals surface area contributed by atoms with Crippen molar-refractivity contribution in [2.24, 2.45) is 0 Å². The van der Waals surface area contributed by atoms with Crippen LogP contribution in [-0.4, -0.2) is 48.1 Å². The summed E-state index contributed by atoms with van der Waals surface area (Å²) in [5.74, 6) is 0. The highest BCUT2D eigenvalue weighted by Crippen LogP contribution is 2.30. The Morgan fingerprint density at radius 2 is 1.58 bits per heavy atom. The molecule has 2 atom stereocenters. The van der Waals surface area contributed by atoms with E-state index in [-0.39, 0.29) is 0 Å². The smallest absolute Gasteiger partial charge is 0.0229 e. The van der Waals surface area contributed by atoms with Gasteiger partial charge in [-0.15, -0.1) is 0 Å². The molecule has 2 rings (SSSR count). The minimum atomic E-state index is 0.746. The van der Waals surface area contributed by atoms with Crippen LogP contribution >= 0.6 is 0 Å². The Kier molecular flexibility index (Phi) is 2.13. The molecule has 2 aliphatic heterocycles. The van der Waals surface area contributed by atoms with Crippen LogP contribution < -0.4 is 0 Å². The van der Waals surface area contributed by atoms with Gasteiger partial charge in [0.25, 0.3) is 0 Å². The molecule has 2 saturated heterocycles. The van der Waals surface area contributed by atoms with E-state index in [1.54, 1.807) is 0 Å². The molecule has 2 bridgehead atoms. The van der Waals surface area contributed by atoms with Crippen molar-refractivity contribution in [1.29, 1.82) is 0 Å². The van der Waals surface area contributed by atoms with Crippen LogP contribution in [-0.2, 0) is 0 Å². The lowest BCUT2D eigenvalue weighted by Gasteiger charge is -2.41. The maximum absolute atomic E-state index is 2.72. The van der Waals surface area contributed by atoms with E-state index in [9.17, 15) is 0 Å². The molecule has 70 valence electrons. The normalized spacial score (nSPS) is 38.0. The first kappa shape index (κ1) is 8.52. The van der Waals surface area contributed by atoms with Crippen LogP contribution in [0, 0.1) is 0 Å². The third-order valence-corrected chi connectivity index (χ3v) is 3.32. The predicted molar refractivity (Wildman–Crippen MR) is 51.3 cm³/mol. The molecule has 0 unspecified atom stereocenters. The van der Waals surface area contributed by atoms with Gasteiger partial charge in [-0.1, -0.05) is 0 Å². The van der Waals surface area contributed by atoms with Crippen molar-refractivity contribution in [2.45, 2.75) is 44.8 Å². The molecule has 0 aromatic carbocycles. The van der Waals surface area contributed by atoms with Crippen molar-refractivity contribution in [3.63, 3.8) is 0 Å². The summed E-state index contributed by atoms with van der Waals surface area (Å²) in [5, 5.41) is 0. The molecule has 0 aromatic rings. The number of hydrogen-bond acceptors (Lipinski definition) is 2. The molecule has 2 heteroatoms. The highest BCUT2D eigenvalue weighted by atomic mass is 15.3. The molecular weight excluding hydrogens is 148 g/mol. The topological polar surface area (TPSA) is 6.48 Å². The van der Waals surface area contributed by atoms with Gasteiger partial charge >= 0.3 is 0 Å². The number of rotatable bonds is 1. The molecule has 0 amide bonds. The Balaban J connectivity index is 2.09. The van der Waals surface area contributed by atoms with Crippen molar-refractivity contribution < 1.29 is 0 Å². The number of nitrogens with zero attached hydrogens (tertiary/aromatic N) is 2. The fourth-order valence-electron chi connectivity index (χ4n) is 2.99. The number of likely N-dealkylation sites (tertiary alicyclic amines) is 1. The first-order valence-corrected chi connectivity index (χ1v) is 5.14. The molecule has 2 fully saturated rings. The van der Waals surface area contributed by atoms with Crippen LogP contribution in [0.3, 0.4) is 0 Å². The van der Waals surface area contributed by atoms with Gasteiger partial charge in [0.1, 0.15) is 0 Å². The first-order valence-electron chi connectivity index (χ1n) is 5.14. The van der Waals surface area contributed by atoms with E-state index in [0.29, 0.717) is 0 Å². The summed E-state index contributed by atoms with van der Waals surface area (Å²) < 4.78 is 0. The molecule has 0 N–H and O–H groups in total. The minimum Gasteiger partial charge on any atom is -0.303 e. The Morgan fingerprint density at radius 3 is 2.00 bits per heavy atom. The van der Waals surface area contributed by atoms with Gasteiger partial charge in [0.05, 0.1) is 0 Å². The van der Waals surface area contributed by atoms with Crippen molar-refractivity contribution in [2.75, 3.05) is 20.1 Å². The molecule has 2 nitrogen and oxygen atoms in total. The van der Waals surface area contributed by atoms with Crippen molar-refractivity contribution in [3.8, 4) is 0 Å². The van der Waals surface area contributed by atoms with Crippen LogP contribution in [0.25, 0.3) is 0 Å². The largest absolute Gasteiger partial charge is 0.303 e. The van der Waals surface area contributed by atoms with Gasteiger partial charge in [-0.05, 0) is 33.7 Å². The van der Waals surface area contributed by atoms with Crippen LogP contribution in [0.4, 0.5) is 0 Å². The molecule has 0 aliphatic carbocycles. The number of likely N-dealkylation sites (N-methyl/N-ethyl adjacent to an activating group) is 1. The van der Waals surface area contributed by atoms with Crippen molar-refractivity contribution >= 4 is 0 Å². The Bertz CT molecular complexity index is 153. The van der Waals surface area contributed by atoms with E-state index in [2.05, 4.69) is 30.7 Å². The van der Waals surface area contributed by atoms with Gasteiger partial charge in [-0.25, -0.2) is 0 Å². The molecule has 0 radical (unpaired) electrons. The summed E-state index contributed by atoms with van der Waals surface area (Å²) in [5.41, 5.74) is 0. The fourth-order valence-corrected chi connectivity index (χ4v) is 2.99. The molecular formula is C10H20N2. The SMILES string of the molecule is CC(C)N1[C@@H]2CC[C@H]1CN(C)C2. The standard InChI is InChI=1S/C10H20N2/c1-8(2)12-9-4-5-10(12)7-11(3)6-9/h8-10H,4-7H2,1-3H3/t9-,10+. The van der Waals surface area contributed by atoms with Crippen LogP contribution in [0.2, 0.25) is 0 Å². The molecule has 0 spiro atoms. The summed E-state index contributed by atoms with van der Waals surface area (Å²) in [6.07, 6.45) is 2.85. The van der Waals surface area contributed by atoms with Crippen LogP contribution in [0.15, 0.2) is 0 Å². The molecule has 12 heavy (non-hydrogen) atoms. The summed E-state index contributed by atoms with van der Waals surface area (Å²) in [4.78, 5) is 5.21. The lowest BCUT2D eigenvalue weighted by atomic mass is 10.1. The van der Waals surface area contributed by atoms with Gasteiger partial charge in [0.15, 0.2) is 0 Å². The molecule has 2 heterocycles. The van der Waals surface area contributed by atoms with E-state index in [1.807, 2.05) is 0 Å². The van der Waals surface area contributed by atoms with Gasteiger partial charge in [-0.2, -0.15) is 0 Å². The van der Waals surface area contributed by atoms with Crippen molar-refractivity contribution in [3.05, 3.63) is 0 Å². The summed E-state index contributed by atoms with van der Waals surface area (Å²) in [6.45, 7) is 7.23. The number of fused-ring (bicyclic) bond motifs is 2. The summed E-state index contributed by atoms with van der Waals surface area (Å²) in [6, 6.07) is 2.46. The maximum Gasteiger partial charge on any atom is 0.0229 e. The molecule has 0 saturated carbocycles. The van der Waals surface area contributed by atoms with Crippen molar-refractivity contribution in [1.82, 2.24) is 9.80 Å². The van der Waals surface area contributed by atoms with E-state index in [4.69, 9.17) is 0 Å². The third kappa shape index (κ3) is 1.27. The summed E-state index contributed by atoms with van der Waals surface area (Å²) in [7, 11) is 2.25. The number of hydrogen-bond donors (Lipinski definition) is 0. The average molecular weight is 168 g/mol.